The summed E-state index contributed by atoms with van der Waals surface area (Å²) >= 11 is 0. The van der Waals surface area contributed by atoms with Crippen molar-refractivity contribution in [2.45, 2.75) is 187 Å². The van der Waals surface area contributed by atoms with Gasteiger partial charge in [-0.25, -0.2) is 0 Å². The molecule has 0 N–H and O–H groups in total. The van der Waals surface area contributed by atoms with Crippen molar-refractivity contribution in [3.8, 4) is 0 Å². The van der Waals surface area contributed by atoms with Crippen LogP contribution < -0.4 is 5.11 Å². The van der Waals surface area contributed by atoms with Gasteiger partial charge in [0.05, 0.1) is 40.3 Å². The Hall–Kier alpha value is -1.71. The predicted molar refractivity (Wildman–Crippen MR) is 191 cm³/mol. The number of carboxylic acid groups (broad SMARTS) is 1. The molecule has 0 aromatic rings. The second kappa shape index (κ2) is 32.5. The number of carbonyl (C=O) groups excluding carboxylic acids is 3. The number of rotatable bonds is 36. The molecule has 2 unspecified atom stereocenters. The van der Waals surface area contributed by atoms with Gasteiger partial charge in [-0.2, -0.15) is 0 Å². The second-order valence-electron chi connectivity index (χ2n) is 14.6. The van der Waals surface area contributed by atoms with Gasteiger partial charge in [0.2, 0.25) is 0 Å². The maximum Gasteiger partial charge on any atom is 0.306 e. The van der Waals surface area contributed by atoms with Gasteiger partial charge in [0.25, 0.3) is 0 Å². The molecule has 284 valence electrons. The molecule has 0 fully saturated rings. The zero-order valence-corrected chi connectivity index (χ0v) is 31.9. The van der Waals surface area contributed by atoms with Gasteiger partial charge in [-0.3, -0.25) is 9.59 Å². The lowest BCUT2D eigenvalue weighted by molar-refractivity contribution is -0.870. The highest BCUT2D eigenvalue weighted by Gasteiger charge is 2.21. The lowest BCUT2D eigenvalue weighted by atomic mass is 10.0. The highest BCUT2D eigenvalue weighted by Crippen LogP contribution is 2.15. The van der Waals surface area contributed by atoms with E-state index in [1.54, 1.807) is 0 Å². The van der Waals surface area contributed by atoms with Crippen LogP contribution in [-0.4, -0.2) is 82.3 Å². The van der Waals surface area contributed by atoms with Crippen LogP contribution in [0, 0.1) is 0 Å². The zero-order valence-electron chi connectivity index (χ0n) is 31.9. The minimum absolute atomic E-state index is 0.152. The maximum atomic E-state index is 12.7. The monoisotopic (exact) mass is 686 g/mol. The van der Waals surface area contributed by atoms with Crippen molar-refractivity contribution in [2.24, 2.45) is 0 Å². The molecule has 0 aliphatic carbocycles. The number of hydrogen-bond acceptors (Lipinski definition) is 8. The molecule has 48 heavy (non-hydrogen) atoms. The number of carboxylic acids is 1. The van der Waals surface area contributed by atoms with Crippen LogP contribution in [0.2, 0.25) is 0 Å². The molecule has 0 saturated carbocycles. The highest BCUT2D eigenvalue weighted by atomic mass is 16.7. The molecule has 0 heterocycles. The quantitative estimate of drug-likeness (QED) is 0.0282. The van der Waals surface area contributed by atoms with E-state index in [2.05, 4.69) is 13.8 Å². The van der Waals surface area contributed by atoms with Gasteiger partial charge < -0.3 is 33.3 Å². The third-order valence-electron chi connectivity index (χ3n) is 8.60. The molecule has 0 bridgehead atoms. The number of hydrogen-bond donors (Lipinski definition) is 0. The molecule has 0 aromatic heterocycles. The van der Waals surface area contributed by atoms with Gasteiger partial charge in [0, 0.05) is 12.8 Å². The Morgan fingerprint density at radius 3 is 1.33 bits per heavy atom. The number of esters is 2. The van der Waals surface area contributed by atoms with Gasteiger partial charge in [-0.1, -0.05) is 149 Å². The van der Waals surface area contributed by atoms with Crippen LogP contribution in [-0.2, 0) is 33.3 Å². The fraction of sp³-hybridized carbons (Fsp3) is 0.923. The average molecular weight is 686 g/mol. The number of likely N-dealkylation sites (N-methyl/N-ethyl adjacent to an activating group) is 1. The summed E-state index contributed by atoms with van der Waals surface area (Å²) in [5.41, 5.74) is 0. The molecule has 0 saturated heterocycles. The van der Waals surface area contributed by atoms with Gasteiger partial charge >= 0.3 is 11.9 Å². The summed E-state index contributed by atoms with van der Waals surface area (Å²) in [6.07, 6.45) is 25.6. The van der Waals surface area contributed by atoms with E-state index < -0.39 is 24.3 Å². The number of unbranched alkanes of at least 4 members (excludes halogenated alkanes) is 21. The molecule has 0 rings (SSSR count). The lowest BCUT2D eigenvalue weighted by Gasteiger charge is -2.26. The van der Waals surface area contributed by atoms with Crippen molar-refractivity contribution in [1.29, 1.82) is 0 Å². The fourth-order valence-corrected chi connectivity index (χ4v) is 5.48. The number of carbonyl (C=O) groups is 3. The average Bonchev–Trinajstić information content (AvgIpc) is 3.03. The molecule has 9 nitrogen and oxygen atoms in total. The Balaban J connectivity index is 4.50. The summed E-state index contributed by atoms with van der Waals surface area (Å²) in [5.74, 6) is -2.28. The SMILES string of the molecule is CCCCCCCCCCCCCCCC(=O)OC(COC(=O)CCCCCCCCCCCC)COC(OCC[N+](C)(C)C)C(=O)[O-]. The molecule has 0 aromatic carbocycles. The molecule has 9 heteroatoms. The normalized spacial score (nSPS) is 12.9. The maximum absolute atomic E-state index is 12.7. The van der Waals surface area contributed by atoms with E-state index in [1.165, 1.54) is 109 Å². The molecule has 0 amide bonds. The van der Waals surface area contributed by atoms with Crippen molar-refractivity contribution in [2.75, 3.05) is 47.5 Å². The van der Waals surface area contributed by atoms with Crippen LogP contribution in [0.3, 0.4) is 0 Å². The third kappa shape index (κ3) is 32.8. The number of ether oxygens (including phenoxy) is 4. The number of quaternary nitrogens is 1. The Morgan fingerprint density at radius 2 is 0.938 bits per heavy atom. The van der Waals surface area contributed by atoms with E-state index in [4.69, 9.17) is 18.9 Å². The molecule has 0 radical (unpaired) electrons. The standard InChI is InChI=1S/C39H75NO8/c1-6-8-10-12-14-16-18-19-20-22-24-26-28-30-37(42)48-35(34-47-39(38(43)44)45-32-31-40(3,4)5)33-46-36(41)29-27-25-23-21-17-15-13-11-9-7-2/h35,39H,6-34H2,1-5H3. The first kappa shape index (κ1) is 46.3. The van der Waals surface area contributed by atoms with Crippen LogP contribution in [0.25, 0.3) is 0 Å². The van der Waals surface area contributed by atoms with Gasteiger partial charge in [0.1, 0.15) is 13.2 Å². The lowest BCUT2D eigenvalue weighted by Crippen LogP contribution is -2.44. The first-order valence-corrected chi connectivity index (χ1v) is 19.7. The van der Waals surface area contributed by atoms with Crippen molar-refractivity contribution >= 4 is 17.9 Å². The first-order valence-electron chi connectivity index (χ1n) is 19.7. The third-order valence-corrected chi connectivity index (χ3v) is 8.60. The van der Waals surface area contributed by atoms with Crippen LogP contribution in [0.5, 0.6) is 0 Å². The van der Waals surface area contributed by atoms with Crippen molar-refractivity contribution in [3.05, 3.63) is 0 Å². The Labute approximate surface area is 294 Å². The fourth-order valence-electron chi connectivity index (χ4n) is 5.48. The topological polar surface area (TPSA) is 111 Å². The predicted octanol–water partition coefficient (Wildman–Crippen LogP) is 8.05. The second-order valence-corrected chi connectivity index (χ2v) is 14.6. The summed E-state index contributed by atoms with van der Waals surface area (Å²) in [5, 5.41) is 11.6. The minimum atomic E-state index is -1.61. The van der Waals surface area contributed by atoms with E-state index >= 15 is 0 Å². The van der Waals surface area contributed by atoms with E-state index in [1.807, 2.05) is 21.1 Å². The van der Waals surface area contributed by atoms with E-state index in [0.29, 0.717) is 17.4 Å². The van der Waals surface area contributed by atoms with E-state index in [-0.39, 0.29) is 32.2 Å². The summed E-state index contributed by atoms with van der Waals surface area (Å²) in [4.78, 5) is 36.7. The first-order chi connectivity index (χ1) is 23.1. The summed E-state index contributed by atoms with van der Waals surface area (Å²) in [6.45, 7) is 4.72. The zero-order chi connectivity index (χ0) is 35.7. The van der Waals surface area contributed by atoms with Crippen LogP contribution in [0.4, 0.5) is 0 Å². The summed E-state index contributed by atoms with van der Waals surface area (Å²) in [6, 6.07) is 0. The molecule has 0 aliphatic heterocycles. The minimum Gasteiger partial charge on any atom is -0.545 e. The Kier molecular flexibility index (Phi) is 31.3. The van der Waals surface area contributed by atoms with Crippen molar-refractivity contribution in [3.63, 3.8) is 0 Å². The number of aliphatic carboxylic acids is 1. The van der Waals surface area contributed by atoms with Crippen molar-refractivity contribution < 1.29 is 42.9 Å². The summed E-state index contributed by atoms with van der Waals surface area (Å²) < 4.78 is 22.4. The van der Waals surface area contributed by atoms with Crippen molar-refractivity contribution in [1.82, 2.24) is 0 Å². The van der Waals surface area contributed by atoms with Gasteiger partial charge in [-0.15, -0.1) is 0 Å². The Morgan fingerprint density at radius 1 is 0.542 bits per heavy atom. The number of nitrogens with zero attached hydrogens (tertiary/aromatic N) is 1. The van der Waals surface area contributed by atoms with E-state index in [9.17, 15) is 19.5 Å². The molecule has 0 aliphatic rings. The highest BCUT2D eigenvalue weighted by molar-refractivity contribution is 5.70. The molecular weight excluding hydrogens is 610 g/mol. The largest absolute Gasteiger partial charge is 0.545 e. The Bertz CT molecular complexity index is 770. The van der Waals surface area contributed by atoms with Crippen LogP contribution in [0.15, 0.2) is 0 Å². The smallest absolute Gasteiger partial charge is 0.306 e. The molecular formula is C39H75NO8. The van der Waals surface area contributed by atoms with Gasteiger partial charge in [0.15, 0.2) is 12.4 Å². The summed E-state index contributed by atoms with van der Waals surface area (Å²) in [7, 11) is 5.90. The molecule has 0 spiro atoms. The van der Waals surface area contributed by atoms with Gasteiger partial charge in [-0.05, 0) is 12.8 Å². The van der Waals surface area contributed by atoms with Crippen LogP contribution >= 0.6 is 0 Å². The molecule has 2 atom stereocenters. The van der Waals surface area contributed by atoms with Crippen LogP contribution in [0.1, 0.15) is 174 Å². The van der Waals surface area contributed by atoms with E-state index in [0.717, 1.165) is 38.5 Å².